The van der Waals surface area contributed by atoms with Gasteiger partial charge in [0.25, 0.3) is 0 Å². The van der Waals surface area contributed by atoms with Crippen LogP contribution in [0.15, 0.2) is 5.10 Å². The van der Waals surface area contributed by atoms with Gasteiger partial charge in [0.1, 0.15) is 5.60 Å². The van der Waals surface area contributed by atoms with Crippen LogP contribution in [0.25, 0.3) is 0 Å². The van der Waals surface area contributed by atoms with Gasteiger partial charge in [-0.05, 0) is 34.6 Å². The standard InChI is InChI=1S/C11H20N2O3/c1-8(2)12-13-9(14)6-7-10(15)16-11(3,4)5/h6-7H2,1-5H3,(H,13,14). The molecule has 0 aromatic carbocycles. The molecule has 0 fully saturated rings. The summed E-state index contributed by atoms with van der Waals surface area (Å²) in [7, 11) is 0. The molecular formula is C11H20N2O3. The van der Waals surface area contributed by atoms with Crippen LogP contribution >= 0.6 is 0 Å². The number of hydrogen-bond acceptors (Lipinski definition) is 4. The zero-order valence-electron chi connectivity index (χ0n) is 10.6. The molecule has 0 spiro atoms. The van der Waals surface area contributed by atoms with Crippen molar-refractivity contribution in [1.29, 1.82) is 0 Å². The molecule has 5 nitrogen and oxygen atoms in total. The Hall–Kier alpha value is -1.39. The molecular weight excluding hydrogens is 208 g/mol. The highest BCUT2D eigenvalue weighted by Gasteiger charge is 2.16. The van der Waals surface area contributed by atoms with E-state index in [1.54, 1.807) is 34.6 Å². The predicted octanol–water partition coefficient (Wildman–Crippen LogP) is 1.62. The normalized spacial score (nSPS) is 10.6. The minimum absolute atomic E-state index is 0.0708. The van der Waals surface area contributed by atoms with E-state index in [1.165, 1.54) is 0 Å². The number of rotatable bonds is 4. The van der Waals surface area contributed by atoms with Crippen molar-refractivity contribution in [2.24, 2.45) is 5.10 Å². The van der Waals surface area contributed by atoms with Gasteiger partial charge in [0.2, 0.25) is 5.91 Å². The molecule has 5 heteroatoms. The molecule has 0 saturated carbocycles. The maximum absolute atomic E-state index is 11.3. The first kappa shape index (κ1) is 14.6. The van der Waals surface area contributed by atoms with Crippen molar-refractivity contribution in [2.75, 3.05) is 0 Å². The number of hydrogen-bond donors (Lipinski definition) is 1. The zero-order chi connectivity index (χ0) is 12.8. The van der Waals surface area contributed by atoms with Crippen molar-refractivity contribution in [3.05, 3.63) is 0 Å². The quantitative estimate of drug-likeness (QED) is 0.451. The lowest BCUT2D eigenvalue weighted by atomic mass is 10.2. The van der Waals surface area contributed by atoms with Crippen molar-refractivity contribution >= 4 is 17.6 Å². The predicted molar refractivity (Wildman–Crippen MR) is 62.0 cm³/mol. The van der Waals surface area contributed by atoms with Gasteiger partial charge in [-0.2, -0.15) is 5.10 Å². The van der Waals surface area contributed by atoms with Crippen LogP contribution in [-0.4, -0.2) is 23.2 Å². The largest absolute Gasteiger partial charge is 0.460 e. The summed E-state index contributed by atoms with van der Waals surface area (Å²) in [6, 6.07) is 0. The molecule has 0 aliphatic carbocycles. The Morgan fingerprint density at radius 1 is 1.19 bits per heavy atom. The van der Waals surface area contributed by atoms with E-state index < -0.39 is 5.60 Å². The first-order valence-corrected chi connectivity index (χ1v) is 5.22. The van der Waals surface area contributed by atoms with Gasteiger partial charge in [-0.15, -0.1) is 0 Å². The van der Waals surface area contributed by atoms with Crippen molar-refractivity contribution in [2.45, 2.75) is 53.1 Å². The highest BCUT2D eigenvalue weighted by Crippen LogP contribution is 2.08. The van der Waals surface area contributed by atoms with Gasteiger partial charge in [0.05, 0.1) is 6.42 Å². The van der Waals surface area contributed by atoms with E-state index in [-0.39, 0.29) is 24.7 Å². The Balaban J connectivity index is 3.85. The maximum Gasteiger partial charge on any atom is 0.306 e. The number of carbonyl (C=O) groups is 2. The fourth-order valence-corrected chi connectivity index (χ4v) is 0.838. The lowest BCUT2D eigenvalue weighted by Crippen LogP contribution is -2.25. The number of nitrogens with zero attached hydrogens (tertiary/aromatic N) is 1. The molecule has 16 heavy (non-hydrogen) atoms. The van der Waals surface area contributed by atoms with Crippen LogP contribution in [0, 0.1) is 0 Å². The maximum atomic E-state index is 11.3. The Bertz CT molecular complexity index is 286. The van der Waals surface area contributed by atoms with Crippen LogP contribution < -0.4 is 5.43 Å². The summed E-state index contributed by atoms with van der Waals surface area (Å²) in [6.45, 7) is 8.91. The fraction of sp³-hybridized carbons (Fsp3) is 0.727. The molecule has 0 aromatic rings. The molecule has 0 rings (SSSR count). The third kappa shape index (κ3) is 9.18. The van der Waals surface area contributed by atoms with Gasteiger partial charge in [-0.3, -0.25) is 9.59 Å². The lowest BCUT2D eigenvalue weighted by molar-refractivity contribution is -0.155. The molecule has 0 heterocycles. The molecule has 1 N–H and O–H groups in total. The summed E-state index contributed by atoms with van der Waals surface area (Å²) in [5.41, 5.74) is 2.59. The van der Waals surface area contributed by atoms with Gasteiger partial charge >= 0.3 is 5.97 Å². The van der Waals surface area contributed by atoms with E-state index in [9.17, 15) is 9.59 Å². The summed E-state index contributed by atoms with van der Waals surface area (Å²) in [6.07, 6.45) is 0.160. The Kier molecular flexibility index (Phi) is 5.71. The zero-order valence-corrected chi connectivity index (χ0v) is 10.6. The molecule has 0 unspecified atom stereocenters. The van der Waals surface area contributed by atoms with Gasteiger partial charge in [0, 0.05) is 12.1 Å². The molecule has 0 aromatic heterocycles. The summed E-state index contributed by atoms with van der Waals surface area (Å²) < 4.78 is 5.06. The summed E-state index contributed by atoms with van der Waals surface area (Å²) in [5.74, 6) is -0.660. The highest BCUT2D eigenvalue weighted by molar-refractivity contribution is 5.84. The van der Waals surface area contributed by atoms with Crippen LogP contribution in [-0.2, 0) is 14.3 Å². The second kappa shape index (κ2) is 6.25. The molecule has 0 aliphatic rings. The Labute approximate surface area is 96.2 Å². The summed E-state index contributed by atoms with van der Waals surface area (Å²) in [5, 5.41) is 3.74. The van der Waals surface area contributed by atoms with Gasteiger partial charge in [-0.25, -0.2) is 5.43 Å². The highest BCUT2D eigenvalue weighted by atomic mass is 16.6. The molecule has 0 atom stereocenters. The van der Waals surface area contributed by atoms with Gasteiger partial charge in [-0.1, -0.05) is 0 Å². The van der Waals surface area contributed by atoms with Crippen molar-refractivity contribution in [3.63, 3.8) is 0 Å². The van der Waals surface area contributed by atoms with Crippen molar-refractivity contribution in [3.8, 4) is 0 Å². The molecule has 0 radical (unpaired) electrons. The van der Waals surface area contributed by atoms with Crippen molar-refractivity contribution in [1.82, 2.24) is 5.43 Å². The lowest BCUT2D eigenvalue weighted by Gasteiger charge is -2.19. The Morgan fingerprint density at radius 3 is 2.19 bits per heavy atom. The van der Waals surface area contributed by atoms with Crippen molar-refractivity contribution < 1.29 is 14.3 Å². The second-order valence-electron chi connectivity index (χ2n) is 4.68. The van der Waals surface area contributed by atoms with E-state index in [1.807, 2.05) is 0 Å². The SMILES string of the molecule is CC(C)=NNC(=O)CCC(=O)OC(C)(C)C. The molecule has 1 amide bonds. The molecule has 92 valence electrons. The number of nitrogens with one attached hydrogen (secondary N) is 1. The third-order valence-corrected chi connectivity index (χ3v) is 1.38. The smallest absolute Gasteiger partial charge is 0.306 e. The van der Waals surface area contributed by atoms with Crippen LogP contribution in [0.3, 0.4) is 0 Å². The second-order valence-corrected chi connectivity index (χ2v) is 4.68. The third-order valence-electron chi connectivity index (χ3n) is 1.38. The average molecular weight is 228 g/mol. The van der Waals surface area contributed by atoms with E-state index in [4.69, 9.17) is 4.74 Å². The molecule has 0 bridgehead atoms. The van der Waals surface area contributed by atoms with Crippen LogP contribution in [0.2, 0.25) is 0 Å². The van der Waals surface area contributed by atoms with E-state index in [0.717, 1.165) is 5.71 Å². The van der Waals surface area contributed by atoms with Crippen LogP contribution in [0.4, 0.5) is 0 Å². The monoisotopic (exact) mass is 228 g/mol. The number of esters is 1. The number of carbonyl (C=O) groups excluding carboxylic acids is 2. The van der Waals surface area contributed by atoms with E-state index in [2.05, 4.69) is 10.5 Å². The number of hydrazone groups is 1. The average Bonchev–Trinajstić information content (AvgIpc) is 2.08. The van der Waals surface area contributed by atoms with Gasteiger partial charge < -0.3 is 4.74 Å². The van der Waals surface area contributed by atoms with E-state index >= 15 is 0 Å². The number of ether oxygens (including phenoxy) is 1. The molecule has 0 saturated heterocycles. The summed E-state index contributed by atoms with van der Waals surface area (Å²) >= 11 is 0. The fourth-order valence-electron chi connectivity index (χ4n) is 0.838. The summed E-state index contributed by atoms with van der Waals surface area (Å²) in [4.78, 5) is 22.5. The van der Waals surface area contributed by atoms with Gasteiger partial charge in [0.15, 0.2) is 0 Å². The number of amides is 1. The Morgan fingerprint density at radius 2 is 1.75 bits per heavy atom. The minimum atomic E-state index is -0.508. The first-order chi connectivity index (χ1) is 7.20. The van der Waals surface area contributed by atoms with E-state index in [0.29, 0.717) is 0 Å². The topological polar surface area (TPSA) is 67.8 Å². The molecule has 0 aliphatic heterocycles. The van der Waals surface area contributed by atoms with Crippen LogP contribution in [0.5, 0.6) is 0 Å². The minimum Gasteiger partial charge on any atom is -0.460 e. The first-order valence-electron chi connectivity index (χ1n) is 5.22. The van der Waals surface area contributed by atoms with Crippen LogP contribution in [0.1, 0.15) is 47.5 Å².